The minimum Gasteiger partial charge on any atom is -0.493 e. The molecule has 0 unspecified atom stereocenters. The number of ether oxygens (including phenoxy) is 3. The van der Waals surface area contributed by atoms with E-state index in [0.29, 0.717) is 36.0 Å². The Balaban J connectivity index is 1.94. The molecule has 1 amide bonds. The fourth-order valence-electron chi connectivity index (χ4n) is 3.25. The van der Waals surface area contributed by atoms with Gasteiger partial charge >= 0.3 is 5.97 Å². The molecule has 0 spiro atoms. The number of hydrogen-bond donors (Lipinski definition) is 1. The van der Waals surface area contributed by atoms with Crippen LogP contribution < -0.4 is 14.8 Å². The van der Waals surface area contributed by atoms with Crippen molar-refractivity contribution in [2.75, 3.05) is 20.8 Å². The number of methoxy groups -OCH3 is 2. The first-order chi connectivity index (χ1) is 13.9. The molecule has 1 fully saturated rings. The Bertz CT molecular complexity index is 777. The van der Waals surface area contributed by atoms with Gasteiger partial charge in [0.2, 0.25) is 5.91 Å². The lowest BCUT2D eigenvalue weighted by atomic mass is 9.95. The highest BCUT2D eigenvalue weighted by Gasteiger charge is 2.45. The third kappa shape index (κ3) is 4.98. The van der Waals surface area contributed by atoms with Gasteiger partial charge in [0.05, 0.1) is 25.7 Å². The van der Waals surface area contributed by atoms with Gasteiger partial charge in [-0.2, -0.15) is 0 Å². The molecule has 2 atom stereocenters. The molecule has 30 heavy (non-hydrogen) atoms. The first kappa shape index (κ1) is 24.2. The Morgan fingerprint density at radius 3 is 2.33 bits per heavy atom. The lowest BCUT2D eigenvalue weighted by Crippen LogP contribution is -2.60. The number of carbonyl (C=O) groups excluding carboxylic acids is 2. The topological polar surface area (TPSA) is 83.1 Å². The summed E-state index contributed by atoms with van der Waals surface area (Å²) in [4.78, 5) is 24.5. The number of β-lactam (4-membered cyclic amide) rings is 1. The van der Waals surface area contributed by atoms with Gasteiger partial charge < -0.3 is 24.0 Å². The molecule has 1 heterocycles. The van der Waals surface area contributed by atoms with Crippen LogP contribution in [-0.2, 0) is 14.0 Å². The van der Waals surface area contributed by atoms with E-state index in [0.717, 1.165) is 0 Å². The summed E-state index contributed by atoms with van der Waals surface area (Å²) in [5.41, 5.74) is 0.330. The molecule has 8 heteroatoms. The molecule has 0 aromatic heterocycles. The summed E-state index contributed by atoms with van der Waals surface area (Å²) in [5, 5.41) is 2.76. The highest BCUT2D eigenvalue weighted by atomic mass is 28.4. The summed E-state index contributed by atoms with van der Waals surface area (Å²) in [6, 6.07) is 4.80. The average Bonchev–Trinajstić information content (AvgIpc) is 2.69. The van der Waals surface area contributed by atoms with Crippen molar-refractivity contribution < 1.29 is 28.2 Å². The predicted molar refractivity (Wildman–Crippen MR) is 117 cm³/mol. The summed E-state index contributed by atoms with van der Waals surface area (Å²) in [5.74, 6) is 0.419. The van der Waals surface area contributed by atoms with Gasteiger partial charge in [0.1, 0.15) is 0 Å². The minimum absolute atomic E-state index is 0.105. The Morgan fingerprint density at radius 1 is 1.17 bits per heavy atom. The summed E-state index contributed by atoms with van der Waals surface area (Å²) in [6.45, 7) is 13.8. The molecule has 0 saturated carbocycles. The molecule has 1 aromatic rings. The molecule has 1 N–H and O–H groups in total. The fourth-order valence-corrected chi connectivity index (χ4v) is 5.64. The second kappa shape index (κ2) is 9.39. The van der Waals surface area contributed by atoms with Crippen LogP contribution in [0.1, 0.15) is 44.5 Å². The van der Waals surface area contributed by atoms with Gasteiger partial charge in [-0.1, -0.05) is 27.7 Å². The van der Waals surface area contributed by atoms with Crippen molar-refractivity contribution in [3.8, 4) is 11.5 Å². The van der Waals surface area contributed by atoms with Crippen LogP contribution in [0.3, 0.4) is 0 Å². The number of carbonyl (C=O) groups is 2. The molecule has 168 valence electrons. The number of rotatable bonds is 10. The van der Waals surface area contributed by atoms with Crippen LogP contribution in [0.5, 0.6) is 11.5 Å². The van der Waals surface area contributed by atoms with Crippen molar-refractivity contribution in [1.29, 1.82) is 0 Å². The van der Waals surface area contributed by atoms with E-state index >= 15 is 0 Å². The molecule has 0 bridgehead atoms. The van der Waals surface area contributed by atoms with Gasteiger partial charge in [0.25, 0.3) is 0 Å². The smallest absolute Gasteiger partial charge is 0.340 e. The van der Waals surface area contributed by atoms with Gasteiger partial charge in [0, 0.05) is 6.61 Å². The Hall–Kier alpha value is -2.06. The Morgan fingerprint density at radius 2 is 1.80 bits per heavy atom. The van der Waals surface area contributed by atoms with E-state index in [1.807, 2.05) is 0 Å². The molecule has 0 aliphatic carbocycles. The number of benzene rings is 1. The van der Waals surface area contributed by atoms with Crippen LogP contribution >= 0.6 is 0 Å². The van der Waals surface area contributed by atoms with E-state index in [1.54, 1.807) is 18.2 Å². The molecule has 0 radical (unpaired) electrons. The van der Waals surface area contributed by atoms with Crippen molar-refractivity contribution in [2.45, 2.75) is 58.5 Å². The molecule has 2 rings (SSSR count). The van der Waals surface area contributed by atoms with Gasteiger partial charge in [0.15, 0.2) is 26.0 Å². The van der Waals surface area contributed by atoms with E-state index in [2.05, 4.69) is 46.1 Å². The molecule has 1 saturated heterocycles. The normalized spacial score (nSPS) is 19.2. The highest BCUT2D eigenvalue weighted by Crippen LogP contribution is 2.44. The first-order valence-corrected chi connectivity index (χ1v) is 13.2. The summed E-state index contributed by atoms with van der Waals surface area (Å²) >= 11 is 0. The van der Waals surface area contributed by atoms with Crippen LogP contribution in [0, 0.1) is 11.8 Å². The van der Waals surface area contributed by atoms with Crippen LogP contribution in [0.4, 0.5) is 0 Å². The van der Waals surface area contributed by atoms with Crippen molar-refractivity contribution >= 4 is 20.2 Å². The molecule has 1 aliphatic heterocycles. The van der Waals surface area contributed by atoms with Crippen molar-refractivity contribution in [3.05, 3.63) is 23.8 Å². The zero-order valence-electron chi connectivity index (χ0n) is 19.3. The SMILES string of the molecule is COc1ccc(C(=O)O[C@H]2NC(=O)[C@@H]2CCO[Si](C)(C)C(C)(C)C(C)C)cc1OC. The van der Waals surface area contributed by atoms with Crippen molar-refractivity contribution in [1.82, 2.24) is 5.32 Å². The number of hydrogen-bond acceptors (Lipinski definition) is 6. The Labute approximate surface area is 180 Å². The van der Waals surface area contributed by atoms with Gasteiger partial charge in [-0.3, -0.25) is 4.79 Å². The third-order valence-corrected chi connectivity index (χ3v) is 11.3. The van der Waals surface area contributed by atoms with E-state index in [1.165, 1.54) is 14.2 Å². The van der Waals surface area contributed by atoms with Crippen LogP contribution in [0.2, 0.25) is 18.1 Å². The molecule has 1 aliphatic rings. The van der Waals surface area contributed by atoms with Crippen LogP contribution in [-0.4, -0.2) is 47.2 Å². The number of esters is 1. The molecule has 7 nitrogen and oxygen atoms in total. The zero-order chi connectivity index (χ0) is 22.7. The quantitative estimate of drug-likeness (QED) is 0.339. The van der Waals surface area contributed by atoms with E-state index in [-0.39, 0.29) is 10.9 Å². The molecule has 1 aromatic carbocycles. The number of nitrogens with one attached hydrogen (secondary N) is 1. The lowest BCUT2D eigenvalue weighted by molar-refractivity contribution is -0.148. The van der Waals surface area contributed by atoms with E-state index in [4.69, 9.17) is 18.6 Å². The second-order valence-corrected chi connectivity index (χ2v) is 13.6. The average molecular weight is 438 g/mol. The zero-order valence-corrected chi connectivity index (χ0v) is 20.3. The predicted octanol–water partition coefficient (Wildman–Crippen LogP) is 3.98. The van der Waals surface area contributed by atoms with Crippen molar-refractivity contribution in [2.24, 2.45) is 11.8 Å². The highest BCUT2D eigenvalue weighted by molar-refractivity contribution is 6.74. The van der Waals surface area contributed by atoms with E-state index < -0.39 is 26.4 Å². The monoisotopic (exact) mass is 437 g/mol. The molecular weight excluding hydrogens is 402 g/mol. The Kier molecular flexibility index (Phi) is 7.57. The van der Waals surface area contributed by atoms with E-state index in [9.17, 15) is 9.59 Å². The lowest BCUT2D eigenvalue weighted by Gasteiger charge is -2.43. The largest absolute Gasteiger partial charge is 0.493 e. The first-order valence-electron chi connectivity index (χ1n) is 10.3. The van der Waals surface area contributed by atoms with Crippen LogP contribution in [0.25, 0.3) is 0 Å². The van der Waals surface area contributed by atoms with Crippen molar-refractivity contribution in [3.63, 3.8) is 0 Å². The maximum atomic E-state index is 12.5. The number of amides is 1. The standard InChI is InChI=1S/C22H35NO6Si/c1-14(2)22(3,4)30(7,8)28-12-11-16-19(24)23-20(16)29-21(25)15-9-10-17(26-5)18(13-15)27-6/h9-10,13-14,16,20H,11-12H2,1-8H3,(H,23,24)/t16-,20+/m0/s1. The minimum atomic E-state index is -1.96. The summed E-state index contributed by atoms with van der Waals surface area (Å²) < 4.78 is 22.2. The summed E-state index contributed by atoms with van der Waals surface area (Å²) in [6.07, 6.45) is -0.134. The van der Waals surface area contributed by atoms with Gasteiger partial charge in [-0.15, -0.1) is 0 Å². The van der Waals surface area contributed by atoms with Gasteiger partial charge in [-0.25, -0.2) is 4.79 Å². The van der Waals surface area contributed by atoms with Gasteiger partial charge in [-0.05, 0) is 48.7 Å². The molecular formula is C22H35NO6Si. The maximum absolute atomic E-state index is 12.5. The summed E-state index contributed by atoms with van der Waals surface area (Å²) in [7, 11) is 1.06. The second-order valence-electron chi connectivity index (χ2n) is 9.03. The van der Waals surface area contributed by atoms with Crippen LogP contribution in [0.15, 0.2) is 18.2 Å². The maximum Gasteiger partial charge on any atom is 0.340 e. The third-order valence-electron chi connectivity index (χ3n) is 6.73. The fraction of sp³-hybridized carbons (Fsp3) is 0.636.